The van der Waals surface area contributed by atoms with Crippen LogP contribution in [-0.4, -0.2) is 5.97 Å². The van der Waals surface area contributed by atoms with Crippen molar-refractivity contribution in [1.82, 2.24) is 0 Å². The number of rotatable bonds is 2. The zero-order chi connectivity index (χ0) is 12.4. The van der Waals surface area contributed by atoms with Crippen LogP contribution in [-0.2, 0) is 9.53 Å². The molecular formula is C16H20O2. The maximum absolute atomic E-state index is 11.7. The summed E-state index contributed by atoms with van der Waals surface area (Å²) in [6, 6.07) is 10.2. The van der Waals surface area contributed by atoms with Crippen LogP contribution >= 0.6 is 0 Å². The lowest BCUT2D eigenvalue weighted by Crippen LogP contribution is -2.20. The van der Waals surface area contributed by atoms with Crippen LogP contribution in [0.1, 0.15) is 50.2 Å². The van der Waals surface area contributed by atoms with Gasteiger partial charge in [0, 0.05) is 5.92 Å². The van der Waals surface area contributed by atoms with Crippen molar-refractivity contribution in [1.29, 1.82) is 0 Å². The van der Waals surface area contributed by atoms with E-state index in [-0.39, 0.29) is 12.1 Å². The minimum atomic E-state index is -0.0144. The number of cyclic esters (lactones) is 1. The lowest BCUT2D eigenvalue weighted by Gasteiger charge is -2.29. The zero-order valence-electron chi connectivity index (χ0n) is 10.7. The fourth-order valence-corrected chi connectivity index (χ4v) is 3.51. The summed E-state index contributed by atoms with van der Waals surface area (Å²) in [4.78, 5) is 11.7. The first kappa shape index (κ1) is 11.8. The van der Waals surface area contributed by atoms with Gasteiger partial charge in [0.05, 0.1) is 6.42 Å². The van der Waals surface area contributed by atoms with E-state index in [1.54, 1.807) is 0 Å². The largest absolute Gasteiger partial charge is 0.457 e. The Morgan fingerprint density at radius 3 is 2.44 bits per heavy atom. The molecule has 1 aliphatic heterocycles. The third-order valence-corrected chi connectivity index (χ3v) is 4.43. The molecule has 1 heterocycles. The van der Waals surface area contributed by atoms with Gasteiger partial charge in [-0.25, -0.2) is 0 Å². The number of carbonyl (C=O) groups is 1. The van der Waals surface area contributed by atoms with Gasteiger partial charge in [0.2, 0.25) is 0 Å². The second-order valence-corrected chi connectivity index (χ2v) is 5.59. The average Bonchev–Trinajstić information content (AvgIpc) is 2.83. The molecule has 2 aliphatic rings. The van der Waals surface area contributed by atoms with Crippen molar-refractivity contribution in [3.63, 3.8) is 0 Å². The minimum absolute atomic E-state index is 0.00167. The molecule has 0 bridgehead atoms. The first-order chi connectivity index (χ1) is 8.84. The topological polar surface area (TPSA) is 26.3 Å². The van der Waals surface area contributed by atoms with E-state index in [9.17, 15) is 4.79 Å². The standard InChI is InChI=1S/C16H20O2/c17-15-11-14(12-7-3-1-4-8-12)16(18-15)13-9-5-2-6-10-13/h2,5-6,9-10,12,14,16H,1,3-4,7-8,11H2. The van der Waals surface area contributed by atoms with E-state index in [4.69, 9.17) is 4.74 Å². The smallest absolute Gasteiger partial charge is 0.306 e. The SMILES string of the molecule is O=C1CC(C2CCCCC2)C(c2ccccc2)O1. The molecule has 2 nitrogen and oxygen atoms in total. The van der Waals surface area contributed by atoms with Crippen LogP contribution in [0.4, 0.5) is 0 Å². The van der Waals surface area contributed by atoms with E-state index >= 15 is 0 Å². The number of benzene rings is 1. The van der Waals surface area contributed by atoms with E-state index in [0.717, 1.165) is 0 Å². The van der Waals surface area contributed by atoms with Gasteiger partial charge in [-0.1, -0.05) is 62.4 Å². The summed E-state index contributed by atoms with van der Waals surface area (Å²) in [6.07, 6.45) is 7.14. The first-order valence-electron chi connectivity index (χ1n) is 7.09. The monoisotopic (exact) mass is 244 g/mol. The Morgan fingerprint density at radius 2 is 1.72 bits per heavy atom. The minimum Gasteiger partial charge on any atom is -0.457 e. The van der Waals surface area contributed by atoms with E-state index < -0.39 is 0 Å². The summed E-state index contributed by atoms with van der Waals surface area (Å²) in [5.41, 5.74) is 1.17. The Labute approximate surface area is 108 Å². The van der Waals surface area contributed by atoms with Crippen LogP contribution in [0.2, 0.25) is 0 Å². The molecule has 2 fully saturated rings. The highest BCUT2D eigenvalue weighted by Gasteiger charge is 2.40. The molecule has 0 spiro atoms. The van der Waals surface area contributed by atoms with Gasteiger partial charge >= 0.3 is 5.97 Å². The van der Waals surface area contributed by atoms with Crippen molar-refractivity contribution in [2.75, 3.05) is 0 Å². The molecule has 0 N–H and O–H groups in total. The van der Waals surface area contributed by atoms with Gasteiger partial charge in [0.25, 0.3) is 0 Å². The fraction of sp³-hybridized carbons (Fsp3) is 0.562. The highest BCUT2D eigenvalue weighted by Crippen LogP contribution is 2.44. The predicted octanol–water partition coefficient (Wildman–Crippen LogP) is 3.87. The van der Waals surface area contributed by atoms with Crippen LogP contribution < -0.4 is 0 Å². The van der Waals surface area contributed by atoms with Gasteiger partial charge in [-0.2, -0.15) is 0 Å². The van der Waals surface area contributed by atoms with Crippen LogP contribution in [0.5, 0.6) is 0 Å². The van der Waals surface area contributed by atoms with E-state index in [2.05, 4.69) is 12.1 Å². The summed E-state index contributed by atoms with van der Waals surface area (Å²) in [6.45, 7) is 0. The lowest BCUT2D eigenvalue weighted by molar-refractivity contribution is -0.141. The summed E-state index contributed by atoms with van der Waals surface area (Å²) >= 11 is 0. The number of hydrogen-bond acceptors (Lipinski definition) is 2. The second-order valence-electron chi connectivity index (χ2n) is 5.59. The molecular weight excluding hydrogens is 224 g/mol. The van der Waals surface area contributed by atoms with Crippen LogP contribution in [0.25, 0.3) is 0 Å². The normalized spacial score (nSPS) is 29.2. The van der Waals surface area contributed by atoms with Crippen molar-refractivity contribution in [3.05, 3.63) is 35.9 Å². The summed E-state index contributed by atoms with van der Waals surface area (Å²) < 4.78 is 5.57. The highest BCUT2D eigenvalue weighted by molar-refractivity contribution is 5.72. The van der Waals surface area contributed by atoms with Crippen LogP contribution in [0.15, 0.2) is 30.3 Å². The summed E-state index contributed by atoms with van der Waals surface area (Å²) in [7, 11) is 0. The summed E-state index contributed by atoms with van der Waals surface area (Å²) in [5, 5.41) is 0. The predicted molar refractivity (Wildman–Crippen MR) is 70.0 cm³/mol. The number of ether oxygens (including phenoxy) is 1. The Kier molecular flexibility index (Phi) is 3.35. The molecule has 3 rings (SSSR count). The van der Waals surface area contributed by atoms with Crippen molar-refractivity contribution >= 4 is 5.97 Å². The molecule has 2 atom stereocenters. The molecule has 1 saturated heterocycles. The number of esters is 1. The second kappa shape index (κ2) is 5.13. The van der Waals surface area contributed by atoms with E-state index in [1.807, 2.05) is 18.2 Å². The highest BCUT2D eigenvalue weighted by atomic mass is 16.5. The third kappa shape index (κ3) is 2.29. The van der Waals surface area contributed by atoms with Gasteiger partial charge < -0.3 is 4.74 Å². The van der Waals surface area contributed by atoms with Crippen LogP contribution in [0, 0.1) is 11.8 Å². The summed E-state index contributed by atoms with van der Waals surface area (Å²) in [5.74, 6) is 1.06. The Bertz CT molecular complexity index is 406. The van der Waals surface area contributed by atoms with Crippen molar-refractivity contribution < 1.29 is 9.53 Å². The molecule has 1 aliphatic carbocycles. The Balaban J connectivity index is 1.81. The maximum atomic E-state index is 11.7. The number of carbonyl (C=O) groups excluding carboxylic acids is 1. The van der Waals surface area contributed by atoms with E-state index in [1.165, 1.54) is 37.7 Å². The molecule has 0 amide bonds. The third-order valence-electron chi connectivity index (χ3n) is 4.43. The van der Waals surface area contributed by atoms with E-state index in [0.29, 0.717) is 18.3 Å². The fourth-order valence-electron chi connectivity index (χ4n) is 3.51. The van der Waals surface area contributed by atoms with Crippen LogP contribution in [0.3, 0.4) is 0 Å². The molecule has 18 heavy (non-hydrogen) atoms. The molecule has 2 unspecified atom stereocenters. The zero-order valence-corrected chi connectivity index (χ0v) is 10.7. The van der Waals surface area contributed by atoms with Gasteiger partial charge in [-0.3, -0.25) is 4.79 Å². The van der Waals surface area contributed by atoms with Gasteiger partial charge in [-0.15, -0.1) is 0 Å². The van der Waals surface area contributed by atoms with Crippen molar-refractivity contribution in [3.8, 4) is 0 Å². The molecule has 96 valence electrons. The molecule has 0 radical (unpaired) electrons. The van der Waals surface area contributed by atoms with Gasteiger partial charge in [0.1, 0.15) is 6.10 Å². The maximum Gasteiger partial charge on any atom is 0.306 e. The average molecular weight is 244 g/mol. The molecule has 1 saturated carbocycles. The first-order valence-corrected chi connectivity index (χ1v) is 7.09. The quantitative estimate of drug-likeness (QED) is 0.738. The Hall–Kier alpha value is -1.31. The van der Waals surface area contributed by atoms with Crippen molar-refractivity contribution in [2.45, 2.75) is 44.6 Å². The molecule has 2 heteroatoms. The van der Waals surface area contributed by atoms with Gasteiger partial charge in [-0.05, 0) is 11.5 Å². The lowest BCUT2D eigenvalue weighted by atomic mass is 9.75. The van der Waals surface area contributed by atoms with Gasteiger partial charge in [0.15, 0.2) is 0 Å². The molecule has 1 aromatic rings. The molecule has 0 aromatic heterocycles. The Morgan fingerprint density at radius 1 is 1.00 bits per heavy atom. The molecule has 1 aromatic carbocycles. The van der Waals surface area contributed by atoms with Crippen molar-refractivity contribution in [2.24, 2.45) is 11.8 Å². The number of hydrogen-bond donors (Lipinski definition) is 0.